The normalized spacial score (nSPS) is 18.3. The maximum Gasteiger partial charge on any atom is 0.316 e. The molecule has 0 aromatic carbocycles. The summed E-state index contributed by atoms with van der Waals surface area (Å²) in [5.41, 5.74) is 0. The van der Waals surface area contributed by atoms with Gasteiger partial charge in [-0.2, -0.15) is 0 Å². The summed E-state index contributed by atoms with van der Waals surface area (Å²) in [4.78, 5) is 23.1. The van der Waals surface area contributed by atoms with Crippen molar-refractivity contribution in [3.63, 3.8) is 0 Å². The zero-order valence-corrected chi connectivity index (χ0v) is 14.7. The second-order valence-corrected chi connectivity index (χ2v) is 7.55. The molecular weight excluding hydrogens is 390 g/mol. The van der Waals surface area contributed by atoms with Gasteiger partial charge in [0, 0.05) is 18.9 Å². The summed E-state index contributed by atoms with van der Waals surface area (Å²) in [6.45, 7) is 1.27. The van der Waals surface area contributed by atoms with Gasteiger partial charge in [-0.1, -0.05) is 11.6 Å². The number of carbonyl (C=O) groups is 1. The third kappa shape index (κ3) is 3.77. The molecule has 116 valence electrons. The van der Waals surface area contributed by atoms with Gasteiger partial charge >= 0.3 is 6.01 Å². The molecule has 3 heterocycles. The molecule has 0 saturated carbocycles. The van der Waals surface area contributed by atoms with E-state index < -0.39 is 0 Å². The summed E-state index contributed by atoms with van der Waals surface area (Å²) in [7, 11) is 0. The molecule has 1 aliphatic rings. The molecule has 1 fully saturated rings. The summed E-state index contributed by atoms with van der Waals surface area (Å²) in [5, 5.41) is 0. The number of rotatable bonds is 3. The van der Waals surface area contributed by atoms with Gasteiger partial charge in [-0.25, -0.2) is 9.97 Å². The minimum Gasteiger partial charge on any atom is -0.458 e. The molecule has 8 heteroatoms. The van der Waals surface area contributed by atoms with E-state index in [1.54, 1.807) is 29.4 Å². The summed E-state index contributed by atoms with van der Waals surface area (Å²) in [5.74, 6) is 0.00178. The van der Waals surface area contributed by atoms with Gasteiger partial charge in [0.1, 0.15) is 6.10 Å². The fraction of sp³-hybridized carbons (Fsp3) is 0.357. The Bertz CT molecular complexity index is 664. The molecule has 1 saturated heterocycles. The average molecular weight is 403 g/mol. The average Bonchev–Trinajstić information content (AvgIpc) is 2.96. The number of piperidine rings is 1. The van der Waals surface area contributed by atoms with Gasteiger partial charge in [0.25, 0.3) is 5.91 Å². The molecular formula is C14H13BrClN3O2S. The van der Waals surface area contributed by atoms with E-state index in [2.05, 4.69) is 25.9 Å². The number of halogens is 2. The Morgan fingerprint density at radius 3 is 2.86 bits per heavy atom. The lowest BCUT2D eigenvalue weighted by molar-refractivity contribution is 0.0520. The molecule has 0 spiro atoms. The van der Waals surface area contributed by atoms with Crippen molar-refractivity contribution < 1.29 is 9.53 Å². The predicted octanol–water partition coefficient (Wildman–Crippen LogP) is 3.64. The van der Waals surface area contributed by atoms with Crippen molar-refractivity contribution in [2.45, 2.75) is 18.9 Å². The van der Waals surface area contributed by atoms with Gasteiger partial charge in [0.15, 0.2) is 0 Å². The summed E-state index contributed by atoms with van der Waals surface area (Å²) >= 11 is 10.5. The minimum atomic E-state index is -0.0886. The maximum absolute atomic E-state index is 12.4. The Hall–Kier alpha value is -1.18. The molecule has 22 heavy (non-hydrogen) atoms. The zero-order chi connectivity index (χ0) is 15.5. The van der Waals surface area contributed by atoms with Crippen LogP contribution in [0.25, 0.3) is 0 Å². The van der Waals surface area contributed by atoms with E-state index in [0.717, 1.165) is 23.9 Å². The van der Waals surface area contributed by atoms with E-state index in [1.165, 1.54) is 11.3 Å². The van der Waals surface area contributed by atoms with Gasteiger partial charge in [0.05, 0.1) is 20.2 Å². The van der Waals surface area contributed by atoms with Crippen molar-refractivity contribution in [3.05, 3.63) is 38.2 Å². The van der Waals surface area contributed by atoms with Crippen LogP contribution in [-0.4, -0.2) is 40.0 Å². The number of aromatic nitrogens is 2. The van der Waals surface area contributed by atoms with Crippen LogP contribution in [0.5, 0.6) is 6.01 Å². The maximum atomic E-state index is 12.4. The predicted molar refractivity (Wildman–Crippen MR) is 88.6 cm³/mol. The third-order valence-corrected chi connectivity index (χ3v) is 4.95. The first kappa shape index (κ1) is 15.7. The van der Waals surface area contributed by atoms with Crippen LogP contribution in [-0.2, 0) is 0 Å². The lowest BCUT2D eigenvalue weighted by atomic mass is 10.1. The first-order valence-corrected chi connectivity index (χ1v) is 8.79. The van der Waals surface area contributed by atoms with Crippen LogP contribution in [0, 0.1) is 0 Å². The van der Waals surface area contributed by atoms with Crippen molar-refractivity contribution >= 4 is 44.8 Å². The summed E-state index contributed by atoms with van der Waals surface area (Å²) in [6.07, 6.45) is 4.97. The van der Waals surface area contributed by atoms with Crippen molar-refractivity contribution in [2.24, 2.45) is 0 Å². The molecule has 3 rings (SSSR count). The van der Waals surface area contributed by atoms with Crippen molar-refractivity contribution in [1.82, 2.24) is 14.9 Å². The van der Waals surface area contributed by atoms with Crippen molar-refractivity contribution in [1.29, 1.82) is 0 Å². The Kier molecular flexibility index (Phi) is 4.95. The highest BCUT2D eigenvalue weighted by Crippen LogP contribution is 2.24. The number of ether oxygens (including phenoxy) is 1. The molecule has 1 aliphatic heterocycles. The largest absolute Gasteiger partial charge is 0.458 e. The molecule has 0 N–H and O–H groups in total. The SMILES string of the molecule is O=C(c1ccc(Cl)s1)N1CCCC(Oc2ncc(Br)cn2)C1. The molecule has 1 atom stereocenters. The van der Waals surface area contributed by atoms with Crippen molar-refractivity contribution in [2.75, 3.05) is 13.1 Å². The second-order valence-electron chi connectivity index (χ2n) is 4.92. The third-order valence-electron chi connectivity index (χ3n) is 3.32. The molecule has 0 aliphatic carbocycles. The van der Waals surface area contributed by atoms with Gasteiger partial charge < -0.3 is 9.64 Å². The minimum absolute atomic E-state index is 0.00178. The van der Waals surface area contributed by atoms with E-state index in [4.69, 9.17) is 16.3 Å². The number of likely N-dealkylation sites (tertiary alicyclic amines) is 1. The van der Waals surface area contributed by atoms with Gasteiger partial charge in [-0.15, -0.1) is 11.3 Å². The summed E-state index contributed by atoms with van der Waals surface area (Å²) < 4.78 is 7.19. The van der Waals surface area contributed by atoms with E-state index in [1.807, 2.05) is 0 Å². The standard InChI is InChI=1S/C14H13BrClN3O2S/c15-9-6-17-14(18-7-9)21-10-2-1-5-19(8-10)13(20)11-3-4-12(16)22-11/h3-4,6-7,10H,1-2,5,8H2. The first-order chi connectivity index (χ1) is 10.6. The Labute approximate surface area is 145 Å². The van der Waals surface area contributed by atoms with Crippen LogP contribution < -0.4 is 4.74 Å². The fourth-order valence-corrected chi connectivity index (χ4v) is 3.53. The fourth-order valence-electron chi connectivity index (χ4n) is 2.31. The van der Waals surface area contributed by atoms with Crippen LogP contribution in [0.2, 0.25) is 4.34 Å². The number of thiophene rings is 1. The molecule has 1 unspecified atom stereocenters. The molecule has 1 amide bonds. The van der Waals surface area contributed by atoms with Crippen LogP contribution in [0.1, 0.15) is 22.5 Å². The first-order valence-electron chi connectivity index (χ1n) is 6.80. The monoisotopic (exact) mass is 401 g/mol. The molecule has 2 aromatic rings. The number of hydrogen-bond donors (Lipinski definition) is 0. The second kappa shape index (κ2) is 6.93. The van der Waals surface area contributed by atoms with E-state index in [9.17, 15) is 4.79 Å². The van der Waals surface area contributed by atoms with Crippen LogP contribution >= 0.6 is 38.9 Å². The highest BCUT2D eigenvalue weighted by Gasteiger charge is 2.27. The summed E-state index contributed by atoms with van der Waals surface area (Å²) in [6, 6.07) is 3.84. The lowest BCUT2D eigenvalue weighted by Crippen LogP contribution is -2.44. The van der Waals surface area contributed by atoms with Gasteiger partial charge in [0.2, 0.25) is 0 Å². The van der Waals surface area contributed by atoms with Crippen LogP contribution in [0.15, 0.2) is 29.0 Å². The smallest absolute Gasteiger partial charge is 0.316 e. The lowest BCUT2D eigenvalue weighted by Gasteiger charge is -2.32. The van der Waals surface area contributed by atoms with E-state index in [0.29, 0.717) is 21.8 Å². The Morgan fingerprint density at radius 2 is 2.18 bits per heavy atom. The topological polar surface area (TPSA) is 55.3 Å². The van der Waals surface area contributed by atoms with E-state index >= 15 is 0 Å². The highest BCUT2D eigenvalue weighted by molar-refractivity contribution is 9.10. The number of carbonyl (C=O) groups excluding carboxylic acids is 1. The quantitative estimate of drug-likeness (QED) is 0.786. The number of amides is 1. The van der Waals surface area contributed by atoms with E-state index in [-0.39, 0.29) is 12.0 Å². The molecule has 0 bridgehead atoms. The molecule has 5 nitrogen and oxygen atoms in total. The highest BCUT2D eigenvalue weighted by atomic mass is 79.9. The van der Waals surface area contributed by atoms with Crippen LogP contribution in [0.3, 0.4) is 0 Å². The number of nitrogens with zero attached hydrogens (tertiary/aromatic N) is 3. The van der Waals surface area contributed by atoms with Gasteiger partial charge in [-0.05, 0) is 40.9 Å². The Morgan fingerprint density at radius 1 is 1.41 bits per heavy atom. The van der Waals surface area contributed by atoms with Gasteiger partial charge in [-0.3, -0.25) is 4.79 Å². The Balaban J connectivity index is 1.63. The molecule has 0 radical (unpaired) electrons. The zero-order valence-electron chi connectivity index (χ0n) is 11.5. The van der Waals surface area contributed by atoms with Crippen LogP contribution in [0.4, 0.5) is 0 Å². The number of hydrogen-bond acceptors (Lipinski definition) is 5. The van der Waals surface area contributed by atoms with Crippen molar-refractivity contribution in [3.8, 4) is 6.01 Å². The molecule has 2 aromatic heterocycles.